The topological polar surface area (TPSA) is 95.3 Å². The fourth-order valence-electron chi connectivity index (χ4n) is 3.23. The van der Waals surface area contributed by atoms with E-state index in [4.69, 9.17) is 10.00 Å². The zero-order valence-corrected chi connectivity index (χ0v) is 18.8. The Morgan fingerprint density at radius 3 is 2.87 bits per heavy atom. The summed E-state index contributed by atoms with van der Waals surface area (Å²) in [4.78, 5) is 30.6. The quantitative estimate of drug-likeness (QED) is 0.734. The molecule has 1 aromatic heterocycles. The SMILES string of the molecule is CC.COCC(=O)N1CCCC(C(=O)NCc2nc(-c3ccc(C#N)c(F)c3)cs2)C1. The van der Waals surface area contributed by atoms with Gasteiger partial charge in [-0.25, -0.2) is 9.37 Å². The molecule has 1 unspecified atom stereocenters. The van der Waals surface area contributed by atoms with Gasteiger partial charge in [0.05, 0.1) is 23.7 Å². The average Bonchev–Trinajstić information content (AvgIpc) is 3.28. The summed E-state index contributed by atoms with van der Waals surface area (Å²) in [7, 11) is 1.47. The van der Waals surface area contributed by atoms with Gasteiger partial charge in [-0.2, -0.15) is 5.26 Å². The van der Waals surface area contributed by atoms with Gasteiger partial charge in [-0.1, -0.05) is 19.9 Å². The van der Waals surface area contributed by atoms with Gasteiger partial charge in [-0.15, -0.1) is 11.3 Å². The van der Waals surface area contributed by atoms with E-state index in [1.165, 1.54) is 30.6 Å². The molecule has 0 radical (unpaired) electrons. The van der Waals surface area contributed by atoms with E-state index in [2.05, 4.69) is 10.3 Å². The van der Waals surface area contributed by atoms with Crippen LogP contribution in [0.3, 0.4) is 0 Å². The monoisotopic (exact) mass is 446 g/mol. The first-order chi connectivity index (χ1) is 15.0. The van der Waals surface area contributed by atoms with E-state index in [9.17, 15) is 14.0 Å². The summed E-state index contributed by atoms with van der Waals surface area (Å²) in [5.41, 5.74) is 1.16. The summed E-state index contributed by atoms with van der Waals surface area (Å²) in [5.74, 6) is -1.06. The number of ether oxygens (including phenoxy) is 1. The Balaban J connectivity index is 0.00000166. The Morgan fingerprint density at radius 2 is 2.19 bits per heavy atom. The number of nitrogens with one attached hydrogen (secondary N) is 1. The van der Waals surface area contributed by atoms with Crippen LogP contribution in [-0.4, -0.2) is 48.5 Å². The molecule has 2 heterocycles. The van der Waals surface area contributed by atoms with Crippen LogP contribution in [0.5, 0.6) is 0 Å². The lowest BCUT2D eigenvalue weighted by molar-refractivity contribution is -0.139. The normalized spacial score (nSPS) is 15.5. The minimum atomic E-state index is -0.585. The second-order valence-electron chi connectivity index (χ2n) is 6.76. The number of amides is 2. The molecule has 7 nitrogen and oxygen atoms in total. The van der Waals surface area contributed by atoms with Crippen molar-refractivity contribution in [1.82, 2.24) is 15.2 Å². The summed E-state index contributed by atoms with van der Waals surface area (Å²) in [6, 6.07) is 6.14. The van der Waals surface area contributed by atoms with E-state index < -0.39 is 5.82 Å². The zero-order valence-electron chi connectivity index (χ0n) is 18.0. The van der Waals surface area contributed by atoms with Crippen molar-refractivity contribution in [2.75, 3.05) is 26.8 Å². The van der Waals surface area contributed by atoms with E-state index in [0.717, 1.165) is 12.8 Å². The van der Waals surface area contributed by atoms with Gasteiger partial charge in [0.15, 0.2) is 0 Å². The maximum Gasteiger partial charge on any atom is 0.248 e. The standard InChI is InChI=1S/C20H21FN4O3S.C2H6/c1-28-11-19(26)25-6-2-3-15(10-25)20(27)23-9-18-24-17(12-29-18)13-4-5-14(8-22)16(21)7-13;1-2/h4-5,7,12,15H,2-3,6,9-11H2,1H3,(H,23,27);1-2H3. The number of carbonyl (C=O) groups is 2. The number of aromatic nitrogens is 1. The summed E-state index contributed by atoms with van der Waals surface area (Å²) >= 11 is 1.37. The summed E-state index contributed by atoms with van der Waals surface area (Å²) in [5, 5.41) is 14.2. The molecule has 0 bridgehead atoms. The number of rotatable bonds is 6. The van der Waals surface area contributed by atoms with Crippen LogP contribution in [0.15, 0.2) is 23.6 Å². The van der Waals surface area contributed by atoms with Crippen LogP contribution >= 0.6 is 11.3 Å². The van der Waals surface area contributed by atoms with Crippen LogP contribution in [0.2, 0.25) is 0 Å². The van der Waals surface area contributed by atoms with Crippen LogP contribution in [0.1, 0.15) is 37.3 Å². The van der Waals surface area contributed by atoms with Gasteiger partial charge in [0.2, 0.25) is 11.8 Å². The molecular formula is C22H27FN4O3S. The fraction of sp³-hybridized carbons (Fsp3) is 0.455. The van der Waals surface area contributed by atoms with Crippen molar-refractivity contribution in [2.45, 2.75) is 33.2 Å². The molecule has 31 heavy (non-hydrogen) atoms. The number of halogens is 1. The molecule has 1 saturated heterocycles. The molecule has 1 aliphatic heterocycles. The molecule has 0 spiro atoms. The number of hydrogen-bond donors (Lipinski definition) is 1. The highest BCUT2D eigenvalue weighted by atomic mass is 32.1. The van der Waals surface area contributed by atoms with E-state index in [-0.39, 0.29) is 36.4 Å². The highest BCUT2D eigenvalue weighted by Gasteiger charge is 2.28. The lowest BCUT2D eigenvalue weighted by atomic mass is 9.97. The maximum absolute atomic E-state index is 13.8. The number of nitrogens with zero attached hydrogens (tertiary/aromatic N) is 3. The van der Waals surface area contributed by atoms with E-state index >= 15 is 0 Å². The van der Waals surface area contributed by atoms with Gasteiger partial charge in [-0.3, -0.25) is 9.59 Å². The molecule has 2 amide bonds. The lowest BCUT2D eigenvalue weighted by Crippen LogP contribution is -2.46. The Bertz CT molecular complexity index is 941. The molecule has 0 aliphatic carbocycles. The Hall–Kier alpha value is -2.83. The van der Waals surface area contributed by atoms with Crippen molar-refractivity contribution in [3.63, 3.8) is 0 Å². The molecule has 1 aliphatic rings. The second-order valence-corrected chi connectivity index (χ2v) is 7.71. The number of methoxy groups -OCH3 is 1. The van der Waals surface area contributed by atoms with Crippen molar-refractivity contribution in [1.29, 1.82) is 5.26 Å². The highest BCUT2D eigenvalue weighted by molar-refractivity contribution is 7.09. The number of piperidine rings is 1. The van der Waals surface area contributed by atoms with Crippen LogP contribution in [-0.2, 0) is 20.9 Å². The van der Waals surface area contributed by atoms with Gasteiger partial charge < -0.3 is 15.0 Å². The minimum absolute atomic E-state index is 0.0121. The minimum Gasteiger partial charge on any atom is -0.375 e. The first-order valence-corrected chi connectivity index (χ1v) is 11.1. The molecule has 1 aromatic carbocycles. The third-order valence-electron chi connectivity index (χ3n) is 4.76. The average molecular weight is 447 g/mol. The largest absolute Gasteiger partial charge is 0.375 e. The lowest BCUT2D eigenvalue weighted by Gasteiger charge is -2.31. The summed E-state index contributed by atoms with van der Waals surface area (Å²) in [6.45, 7) is 5.32. The highest BCUT2D eigenvalue weighted by Crippen LogP contribution is 2.24. The van der Waals surface area contributed by atoms with Gasteiger partial charge in [-0.05, 0) is 25.0 Å². The first kappa shape index (κ1) is 24.4. The van der Waals surface area contributed by atoms with E-state index in [1.54, 1.807) is 22.4 Å². The number of benzene rings is 1. The zero-order chi connectivity index (χ0) is 22.8. The molecule has 2 aromatic rings. The van der Waals surface area contributed by atoms with E-state index in [1.807, 2.05) is 13.8 Å². The molecule has 1 N–H and O–H groups in total. The summed E-state index contributed by atoms with van der Waals surface area (Å²) in [6.07, 6.45) is 1.51. The van der Waals surface area contributed by atoms with Crippen LogP contribution in [0, 0.1) is 23.1 Å². The predicted molar refractivity (Wildman–Crippen MR) is 117 cm³/mol. The molecule has 166 valence electrons. The smallest absolute Gasteiger partial charge is 0.248 e. The van der Waals surface area contributed by atoms with Crippen LogP contribution in [0.25, 0.3) is 11.3 Å². The maximum atomic E-state index is 13.8. The number of likely N-dealkylation sites (tertiary alicyclic amines) is 1. The number of nitriles is 1. The molecule has 1 atom stereocenters. The number of thiazole rings is 1. The van der Waals surface area contributed by atoms with Crippen LogP contribution in [0.4, 0.5) is 4.39 Å². The van der Waals surface area contributed by atoms with Crippen molar-refractivity contribution < 1.29 is 18.7 Å². The van der Waals surface area contributed by atoms with Gasteiger partial charge in [0.1, 0.15) is 23.5 Å². The van der Waals surface area contributed by atoms with Crippen molar-refractivity contribution >= 4 is 23.2 Å². The van der Waals surface area contributed by atoms with Crippen LogP contribution < -0.4 is 5.32 Å². The molecule has 3 rings (SSSR count). The predicted octanol–water partition coefficient (Wildman–Crippen LogP) is 3.35. The second kappa shape index (κ2) is 12.1. The Labute approximate surface area is 185 Å². The number of hydrogen-bond acceptors (Lipinski definition) is 6. The third kappa shape index (κ3) is 6.57. The van der Waals surface area contributed by atoms with E-state index in [0.29, 0.717) is 29.4 Å². The molecule has 1 fully saturated rings. The van der Waals surface area contributed by atoms with Gasteiger partial charge in [0, 0.05) is 31.1 Å². The molecular weight excluding hydrogens is 419 g/mol. The Kier molecular flexibility index (Phi) is 9.56. The molecule has 9 heteroatoms. The third-order valence-corrected chi connectivity index (χ3v) is 5.61. The first-order valence-electron chi connectivity index (χ1n) is 10.2. The Morgan fingerprint density at radius 1 is 1.42 bits per heavy atom. The van der Waals surface area contributed by atoms with Gasteiger partial charge >= 0.3 is 0 Å². The number of carbonyl (C=O) groups excluding carboxylic acids is 2. The van der Waals surface area contributed by atoms with Gasteiger partial charge in [0.25, 0.3) is 0 Å². The van der Waals surface area contributed by atoms with Crippen molar-refractivity contribution in [3.8, 4) is 17.3 Å². The molecule has 0 saturated carbocycles. The van der Waals surface area contributed by atoms with Crippen molar-refractivity contribution in [3.05, 3.63) is 40.0 Å². The summed E-state index contributed by atoms with van der Waals surface area (Å²) < 4.78 is 18.7. The van der Waals surface area contributed by atoms with Crippen molar-refractivity contribution in [2.24, 2.45) is 5.92 Å². The fourth-order valence-corrected chi connectivity index (χ4v) is 3.97.